The molecule has 120 valence electrons. The van der Waals surface area contributed by atoms with Gasteiger partial charge in [0.15, 0.2) is 0 Å². The van der Waals surface area contributed by atoms with E-state index in [1.54, 1.807) is 20.8 Å². The Morgan fingerprint density at radius 1 is 1.24 bits per heavy atom. The van der Waals surface area contributed by atoms with E-state index in [1.807, 2.05) is 0 Å². The maximum atomic E-state index is 12.4. The summed E-state index contributed by atoms with van der Waals surface area (Å²) < 4.78 is 42.4. The minimum Gasteiger partial charge on any atom is -0.460 e. The van der Waals surface area contributed by atoms with Crippen LogP contribution in [0.1, 0.15) is 40.0 Å². The van der Waals surface area contributed by atoms with Crippen molar-refractivity contribution in [1.29, 1.82) is 0 Å². The molecule has 4 nitrogen and oxygen atoms in total. The van der Waals surface area contributed by atoms with Gasteiger partial charge in [0.1, 0.15) is 5.60 Å². The van der Waals surface area contributed by atoms with Crippen molar-refractivity contribution in [2.24, 2.45) is 0 Å². The zero-order chi connectivity index (χ0) is 16.3. The fourth-order valence-electron chi connectivity index (χ4n) is 1.91. The van der Waals surface area contributed by atoms with Crippen LogP contribution in [0, 0.1) is 0 Å². The predicted molar refractivity (Wildman–Crippen MR) is 70.4 cm³/mol. The first kappa shape index (κ1) is 17.5. The molecule has 0 spiro atoms. The van der Waals surface area contributed by atoms with E-state index < -0.39 is 23.3 Å². The van der Waals surface area contributed by atoms with E-state index in [9.17, 15) is 22.8 Å². The van der Waals surface area contributed by atoms with Crippen LogP contribution in [0.15, 0.2) is 11.6 Å². The Hall–Kier alpha value is -1.53. The highest BCUT2D eigenvalue weighted by Crippen LogP contribution is 2.30. The standard InChI is InChI=1S/C14H20F3NO3/c1-13(2,3)21-12(20)5-4-11(19)18-8-6-10(7-9-18)14(15,16)17/h6H,4-5,7-9H2,1-3H3. The molecule has 0 aromatic rings. The highest BCUT2D eigenvalue weighted by atomic mass is 19.4. The molecule has 0 aliphatic carbocycles. The van der Waals surface area contributed by atoms with Crippen LogP contribution in [0.5, 0.6) is 0 Å². The molecule has 0 N–H and O–H groups in total. The van der Waals surface area contributed by atoms with Gasteiger partial charge in [0.2, 0.25) is 5.91 Å². The molecule has 21 heavy (non-hydrogen) atoms. The van der Waals surface area contributed by atoms with Crippen molar-refractivity contribution in [3.05, 3.63) is 11.6 Å². The molecule has 0 aromatic heterocycles. The van der Waals surface area contributed by atoms with Crippen LogP contribution >= 0.6 is 0 Å². The Morgan fingerprint density at radius 2 is 1.86 bits per heavy atom. The van der Waals surface area contributed by atoms with Crippen LogP contribution in [0.25, 0.3) is 0 Å². The van der Waals surface area contributed by atoms with Gasteiger partial charge in [0.25, 0.3) is 0 Å². The summed E-state index contributed by atoms with van der Waals surface area (Å²) in [7, 11) is 0. The second-order valence-electron chi connectivity index (χ2n) is 5.90. The van der Waals surface area contributed by atoms with Crippen LogP contribution in [-0.4, -0.2) is 41.6 Å². The third-order valence-electron chi connectivity index (χ3n) is 2.89. The molecular formula is C14H20F3NO3. The van der Waals surface area contributed by atoms with E-state index in [2.05, 4.69) is 0 Å². The number of esters is 1. The Balaban J connectivity index is 2.42. The molecule has 0 radical (unpaired) electrons. The third kappa shape index (κ3) is 6.18. The van der Waals surface area contributed by atoms with Gasteiger partial charge in [-0.05, 0) is 27.2 Å². The van der Waals surface area contributed by atoms with Crippen molar-refractivity contribution in [3.8, 4) is 0 Å². The lowest BCUT2D eigenvalue weighted by atomic mass is 10.1. The Bertz CT molecular complexity index is 436. The summed E-state index contributed by atoms with van der Waals surface area (Å²) >= 11 is 0. The molecule has 0 unspecified atom stereocenters. The molecule has 1 heterocycles. The highest BCUT2D eigenvalue weighted by Gasteiger charge is 2.35. The van der Waals surface area contributed by atoms with Gasteiger partial charge >= 0.3 is 12.1 Å². The van der Waals surface area contributed by atoms with E-state index in [1.165, 1.54) is 4.90 Å². The van der Waals surface area contributed by atoms with Gasteiger partial charge in [0.05, 0.1) is 6.42 Å². The maximum absolute atomic E-state index is 12.4. The number of rotatable bonds is 3. The number of carbonyl (C=O) groups is 2. The summed E-state index contributed by atoms with van der Waals surface area (Å²) in [4.78, 5) is 24.6. The first-order valence-electron chi connectivity index (χ1n) is 6.75. The quantitative estimate of drug-likeness (QED) is 0.595. The zero-order valence-corrected chi connectivity index (χ0v) is 12.4. The number of halogens is 3. The van der Waals surface area contributed by atoms with Gasteiger partial charge in [-0.3, -0.25) is 9.59 Å². The second-order valence-corrected chi connectivity index (χ2v) is 5.90. The predicted octanol–water partition coefficient (Wildman–Crippen LogP) is 2.83. The highest BCUT2D eigenvalue weighted by molar-refractivity contribution is 5.81. The Morgan fingerprint density at radius 3 is 2.29 bits per heavy atom. The molecule has 0 aromatic carbocycles. The average Bonchev–Trinajstić information content (AvgIpc) is 2.33. The number of ether oxygens (including phenoxy) is 1. The maximum Gasteiger partial charge on any atom is 0.412 e. The fraction of sp³-hybridized carbons (Fsp3) is 0.714. The summed E-state index contributed by atoms with van der Waals surface area (Å²) in [6, 6.07) is 0. The van der Waals surface area contributed by atoms with Crippen LogP contribution in [0.3, 0.4) is 0 Å². The van der Waals surface area contributed by atoms with Crippen LogP contribution in [-0.2, 0) is 14.3 Å². The summed E-state index contributed by atoms with van der Waals surface area (Å²) in [6.45, 7) is 5.13. The van der Waals surface area contributed by atoms with Crippen molar-refractivity contribution in [3.63, 3.8) is 0 Å². The van der Waals surface area contributed by atoms with Gasteiger partial charge in [-0.15, -0.1) is 0 Å². The molecule has 0 saturated carbocycles. The third-order valence-corrected chi connectivity index (χ3v) is 2.89. The van der Waals surface area contributed by atoms with Crippen molar-refractivity contribution in [1.82, 2.24) is 4.90 Å². The summed E-state index contributed by atoms with van der Waals surface area (Å²) in [5.74, 6) is -0.822. The molecule has 0 bridgehead atoms. The number of nitrogens with zero attached hydrogens (tertiary/aromatic N) is 1. The van der Waals surface area contributed by atoms with Crippen molar-refractivity contribution in [2.75, 3.05) is 13.1 Å². The SMILES string of the molecule is CC(C)(C)OC(=O)CCC(=O)N1CC=C(C(F)(F)F)CC1. The number of hydrogen-bond donors (Lipinski definition) is 0. The number of alkyl halides is 3. The van der Waals surface area contributed by atoms with Gasteiger partial charge in [-0.2, -0.15) is 13.2 Å². The first-order valence-corrected chi connectivity index (χ1v) is 6.75. The molecule has 0 fully saturated rings. The Kier molecular flexibility index (Phi) is 5.42. The lowest BCUT2D eigenvalue weighted by Gasteiger charge is -2.27. The van der Waals surface area contributed by atoms with E-state index >= 15 is 0 Å². The minimum atomic E-state index is -4.33. The molecule has 1 rings (SSSR count). The van der Waals surface area contributed by atoms with Gasteiger partial charge in [-0.25, -0.2) is 0 Å². The summed E-state index contributed by atoms with van der Waals surface area (Å²) in [5.41, 5.74) is -1.21. The van der Waals surface area contributed by atoms with Crippen molar-refractivity contribution in [2.45, 2.75) is 51.8 Å². The van der Waals surface area contributed by atoms with Gasteiger partial charge < -0.3 is 9.64 Å². The van der Waals surface area contributed by atoms with Crippen molar-refractivity contribution < 1.29 is 27.5 Å². The Labute approximate surface area is 121 Å². The first-order chi connectivity index (χ1) is 9.49. The molecule has 0 saturated heterocycles. The van der Waals surface area contributed by atoms with Gasteiger partial charge in [-0.1, -0.05) is 6.08 Å². The lowest BCUT2D eigenvalue weighted by molar-refractivity contribution is -0.156. The molecule has 1 aliphatic rings. The normalized spacial score (nSPS) is 16.5. The lowest BCUT2D eigenvalue weighted by Crippen LogP contribution is -2.37. The molecule has 7 heteroatoms. The molecule has 1 amide bonds. The zero-order valence-electron chi connectivity index (χ0n) is 12.4. The topological polar surface area (TPSA) is 46.6 Å². The van der Waals surface area contributed by atoms with Crippen LogP contribution < -0.4 is 0 Å². The number of carbonyl (C=O) groups excluding carboxylic acids is 2. The van der Waals surface area contributed by atoms with E-state index in [0.717, 1.165) is 6.08 Å². The van der Waals surface area contributed by atoms with Crippen molar-refractivity contribution >= 4 is 11.9 Å². The second kappa shape index (κ2) is 6.49. The molecule has 1 aliphatic heterocycles. The van der Waals surface area contributed by atoms with Crippen LogP contribution in [0.2, 0.25) is 0 Å². The minimum absolute atomic E-state index is 0.0263. The van der Waals surface area contributed by atoms with Crippen LogP contribution in [0.4, 0.5) is 13.2 Å². The van der Waals surface area contributed by atoms with E-state index in [4.69, 9.17) is 4.74 Å². The summed E-state index contributed by atoms with van der Waals surface area (Å²) in [6.07, 6.45) is -3.63. The summed E-state index contributed by atoms with van der Waals surface area (Å²) in [5, 5.41) is 0. The average molecular weight is 307 g/mol. The largest absolute Gasteiger partial charge is 0.460 e. The molecular weight excluding hydrogens is 287 g/mol. The van der Waals surface area contributed by atoms with E-state index in [-0.39, 0.29) is 38.3 Å². The number of amides is 1. The smallest absolute Gasteiger partial charge is 0.412 e. The number of hydrogen-bond acceptors (Lipinski definition) is 3. The monoisotopic (exact) mass is 307 g/mol. The van der Waals surface area contributed by atoms with Gasteiger partial charge in [0, 0.05) is 25.1 Å². The fourth-order valence-corrected chi connectivity index (χ4v) is 1.91. The van der Waals surface area contributed by atoms with E-state index in [0.29, 0.717) is 0 Å². The molecule has 0 atom stereocenters.